The van der Waals surface area contributed by atoms with Crippen molar-refractivity contribution in [1.29, 1.82) is 0 Å². The molecular weight excluding hydrogens is 341 g/mol. The average Bonchev–Trinajstić information content (AvgIpc) is 2.58. The topological polar surface area (TPSA) is 95.6 Å². The molecule has 1 unspecified atom stereocenters. The first-order chi connectivity index (χ1) is 11.7. The van der Waals surface area contributed by atoms with Gasteiger partial charge in [-0.3, -0.25) is 10.1 Å². The molecule has 1 atom stereocenters. The Hall–Kier alpha value is -2.65. The minimum absolute atomic E-state index is 0.0308. The van der Waals surface area contributed by atoms with E-state index in [2.05, 4.69) is 5.32 Å². The van der Waals surface area contributed by atoms with Gasteiger partial charge in [-0.25, -0.2) is 0 Å². The first kappa shape index (κ1) is 18.7. The Morgan fingerprint density at radius 2 is 1.92 bits per heavy atom. The van der Waals surface area contributed by atoms with Gasteiger partial charge < -0.3 is 15.5 Å². The Balaban J connectivity index is 2.17. The third-order valence-corrected chi connectivity index (χ3v) is 3.52. The van der Waals surface area contributed by atoms with Crippen LogP contribution in [0.15, 0.2) is 42.5 Å². The number of hydrogen-bond donors (Lipinski definition) is 3. The Labute approximate surface area is 140 Å². The van der Waals surface area contributed by atoms with Gasteiger partial charge in [0.2, 0.25) is 0 Å². The van der Waals surface area contributed by atoms with E-state index in [1.165, 1.54) is 30.3 Å². The van der Waals surface area contributed by atoms with E-state index in [-0.39, 0.29) is 30.1 Å². The van der Waals surface area contributed by atoms with Gasteiger partial charge in [0.15, 0.2) is 0 Å². The lowest BCUT2D eigenvalue weighted by Gasteiger charge is -2.15. The SMILES string of the molecule is O=[N+]([O-])c1ccc(CO)cc1NCC(O)c1cccc(C(F)(F)F)c1. The number of aliphatic hydroxyl groups is 2. The standard InChI is InChI=1S/C16H15F3N2O4/c17-16(18,19)12-3-1-2-11(7-12)15(23)8-20-13-6-10(9-22)4-5-14(13)21(24)25/h1-7,15,20,22-23H,8-9H2. The van der Waals surface area contributed by atoms with Gasteiger partial charge in [-0.2, -0.15) is 13.2 Å². The molecule has 0 saturated heterocycles. The average molecular weight is 356 g/mol. The number of hydrogen-bond acceptors (Lipinski definition) is 5. The molecular formula is C16H15F3N2O4. The molecule has 0 radical (unpaired) electrons. The lowest BCUT2D eigenvalue weighted by Crippen LogP contribution is -2.14. The number of nitrogens with one attached hydrogen (secondary N) is 1. The number of nitro groups is 1. The van der Waals surface area contributed by atoms with Crippen LogP contribution in [-0.4, -0.2) is 21.7 Å². The van der Waals surface area contributed by atoms with Gasteiger partial charge in [-0.15, -0.1) is 0 Å². The van der Waals surface area contributed by atoms with Crippen LogP contribution < -0.4 is 5.32 Å². The van der Waals surface area contributed by atoms with Gasteiger partial charge in [0.25, 0.3) is 5.69 Å². The van der Waals surface area contributed by atoms with Crippen LogP contribution in [-0.2, 0) is 12.8 Å². The quantitative estimate of drug-likeness (QED) is 0.545. The van der Waals surface area contributed by atoms with Gasteiger partial charge >= 0.3 is 6.18 Å². The molecule has 0 aliphatic rings. The molecule has 0 spiro atoms. The number of benzene rings is 2. The van der Waals surface area contributed by atoms with Gasteiger partial charge in [0.05, 0.1) is 23.2 Å². The van der Waals surface area contributed by atoms with E-state index < -0.39 is 22.8 Å². The second kappa shape index (κ2) is 7.49. The van der Waals surface area contributed by atoms with Crippen LogP contribution in [0.1, 0.15) is 22.8 Å². The molecule has 0 fully saturated rings. The summed E-state index contributed by atoms with van der Waals surface area (Å²) in [7, 11) is 0. The second-order valence-corrected chi connectivity index (χ2v) is 5.29. The summed E-state index contributed by atoms with van der Waals surface area (Å²) < 4.78 is 38.1. The molecule has 0 aliphatic heterocycles. The van der Waals surface area contributed by atoms with E-state index in [0.29, 0.717) is 5.56 Å². The first-order valence-corrected chi connectivity index (χ1v) is 7.19. The fourth-order valence-corrected chi connectivity index (χ4v) is 2.23. The molecule has 2 aromatic rings. The van der Waals surface area contributed by atoms with Crippen molar-refractivity contribution >= 4 is 11.4 Å². The molecule has 0 saturated carbocycles. The molecule has 0 aromatic heterocycles. The van der Waals surface area contributed by atoms with Crippen LogP contribution in [0.4, 0.5) is 24.5 Å². The van der Waals surface area contributed by atoms with E-state index in [1.54, 1.807) is 0 Å². The predicted octanol–water partition coefficient (Wildman–Crippen LogP) is 3.25. The van der Waals surface area contributed by atoms with Gasteiger partial charge in [-0.05, 0) is 35.4 Å². The Morgan fingerprint density at radius 3 is 2.52 bits per heavy atom. The normalized spacial score (nSPS) is 12.7. The fraction of sp³-hybridized carbons (Fsp3) is 0.250. The summed E-state index contributed by atoms with van der Waals surface area (Å²) in [6.07, 6.45) is -5.84. The zero-order chi connectivity index (χ0) is 18.6. The largest absolute Gasteiger partial charge is 0.416 e. The Kier molecular flexibility index (Phi) is 5.60. The molecule has 9 heteroatoms. The minimum Gasteiger partial charge on any atom is -0.392 e. The number of rotatable bonds is 6. The number of anilines is 1. The molecule has 0 heterocycles. The van der Waals surface area contributed by atoms with E-state index in [0.717, 1.165) is 12.1 Å². The van der Waals surface area contributed by atoms with E-state index in [1.807, 2.05) is 0 Å². The van der Waals surface area contributed by atoms with Crippen LogP contribution in [0.3, 0.4) is 0 Å². The lowest BCUT2D eigenvalue weighted by molar-refractivity contribution is -0.384. The van der Waals surface area contributed by atoms with Crippen molar-refractivity contribution in [1.82, 2.24) is 0 Å². The first-order valence-electron chi connectivity index (χ1n) is 7.19. The highest BCUT2D eigenvalue weighted by Gasteiger charge is 2.30. The number of nitro benzene ring substituents is 1. The van der Waals surface area contributed by atoms with Crippen LogP contribution in [0, 0.1) is 10.1 Å². The van der Waals surface area contributed by atoms with Crippen molar-refractivity contribution in [3.8, 4) is 0 Å². The van der Waals surface area contributed by atoms with Gasteiger partial charge in [0, 0.05) is 12.6 Å². The predicted molar refractivity (Wildman–Crippen MR) is 83.9 cm³/mol. The molecule has 6 nitrogen and oxygen atoms in total. The maximum atomic E-state index is 12.7. The summed E-state index contributed by atoms with van der Waals surface area (Å²) in [6.45, 7) is -0.570. The summed E-state index contributed by atoms with van der Waals surface area (Å²) in [5.41, 5.74) is -0.654. The summed E-state index contributed by atoms with van der Waals surface area (Å²) in [5.74, 6) is 0. The van der Waals surface area contributed by atoms with E-state index in [4.69, 9.17) is 5.11 Å². The third-order valence-electron chi connectivity index (χ3n) is 3.52. The van der Waals surface area contributed by atoms with E-state index >= 15 is 0 Å². The van der Waals surface area contributed by atoms with E-state index in [9.17, 15) is 28.4 Å². The summed E-state index contributed by atoms with van der Waals surface area (Å²) in [4.78, 5) is 10.4. The summed E-state index contributed by atoms with van der Waals surface area (Å²) in [6, 6.07) is 8.15. The third kappa shape index (κ3) is 4.68. The van der Waals surface area contributed by atoms with Crippen molar-refractivity contribution in [2.24, 2.45) is 0 Å². The van der Waals surface area contributed by atoms with Crippen LogP contribution in [0.25, 0.3) is 0 Å². The summed E-state index contributed by atoms with van der Waals surface area (Å²) >= 11 is 0. The fourth-order valence-electron chi connectivity index (χ4n) is 2.23. The maximum Gasteiger partial charge on any atom is 0.416 e. The highest BCUT2D eigenvalue weighted by Crippen LogP contribution is 2.31. The monoisotopic (exact) mass is 356 g/mol. The van der Waals surface area contributed by atoms with Gasteiger partial charge in [0.1, 0.15) is 5.69 Å². The van der Waals surface area contributed by atoms with Crippen molar-refractivity contribution in [2.75, 3.05) is 11.9 Å². The Bertz CT molecular complexity index is 765. The second-order valence-electron chi connectivity index (χ2n) is 5.29. The maximum absolute atomic E-state index is 12.7. The van der Waals surface area contributed by atoms with Crippen LogP contribution in [0.5, 0.6) is 0 Å². The minimum atomic E-state index is -4.53. The molecule has 134 valence electrons. The van der Waals surface area contributed by atoms with Crippen LogP contribution >= 0.6 is 0 Å². The highest BCUT2D eigenvalue weighted by atomic mass is 19.4. The molecule has 2 rings (SSSR count). The number of nitrogens with zero attached hydrogens (tertiary/aromatic N) is 1. The van der Waals surface area contributed by atoms with Crippen molar-refractivity contribution in [3.63, 3.8) is 0 Å². The molecule has 25 heavy (non-hydrogen) atoms. The van der Waals surface area contributed by atoms with Crippen LogP contribution in [0.2, 0.25) is 0 Å². The van der Waals surface area contributed by atoms with Gasteiger partial charge in [-0.1, -0.05) is 12.1 Å². The zero-order valence-electron chi connectivity index (χ0n) is 12.8. The summed E-state index contributed by atoms with van der Waals surface area (Å²) in [5, 5.41) is 32.8. The molecule has 3 N–H and O–H groups in total. The number of halogens is 3. The number of alkyl halides is 3. The molecule has 2 aromatic carbocycles. The molecule has 0 bridgehead atoms. The number of aliphatic hydroxyl groups excluding tert-OH is 2. The molecule has 0 amide bonds. The van der Waals surface area contributed by atoms with Crippen molar-refractivity contribution in [3.05, 3.63) is 69.3 Å². The molecule has 0 aliphatic carbocycles. The Morgan fingerprint density at radius 1 is 1.20 bits per heavy atom. The smallest absolute Gasteiger partial charge is 0.392 e. The van der Waals surface area contributed by atoms with Crippen molar-refractivity contribution in [2.45, 2.75) is 18.9 Å². The lowest BCUT2D eigenvalue weighted by atomic mass is 10.1. The zero-order valence-corrected chi connectivity index (χ0v) is 12.8. The van der Waals surface area contributed by atoms with Crippen molar-refractivity contribution < 1.29 is 28.3 Å². The highest BCUT2D eigenvalue weighted by molar-refractivity contribution is 5.62.